The quantitative estimate of drug-likeness (QED) is 0.847. The van der Waals surface area contributed by atoms with Crippen LogP contribution < -0.4 is 10.6 Å². The molecule has 1 aliphatic rings. The van der Waals surface area contributed by atoms with Crippen molar-refractivity contribution in [1.82, 2.24) is 25.6 Å². The number of rotatable bonds is 2. The number of nitrogens with zero attached hydrogens (tertiary/aromatic N) is 3. The minimum Gasteiger partial charge on any atom is -0.354 e. The van der Waals surface area contributed by atoms with E-state index >= 15 is 0 Å². The molecule has 1 aromatic heterocycles. The number of aryl methyl sites for hydroxylation is 2. The third-order valence-electron chi connectivity index (χ3n) is 4.22. The summed E-state index contributed by atoms with van der Waals surface area (Å²) in [7, 11) is 0. The first-order chi connectivity index (χ1) is 12.2. The Balaban J connectivity index is 1.67. The summed E-state index contributed by atoms with van der Waals surface area (Å²) in [4.78, 5) is 24.7. The number of amides is 2. The third-order valence-corrected chi connectivity index (χ3v) is 4.22. The van der Waals surface area contributed by atoms with E-state index in [1.165, 1.54) is 0 Å². The number of carbonyl (C=O) groups is 2. The number of benzene rings is 1. The van der Waals surface area contributed by atoms with Gasteiger partial charge in [0.15, 0.2) is 0 Å². The van der Waals surface area contributed by atoms with Crippen LogP contribution in [0, 0.1) is 0 Å². The zero-order chi connectivity index (χ0) is 17.5. The van der Waals surface area contributed by atoms with Gasteiger partial charge < -0.3 is 10.6 Å². The van der Waals surface area contributed by atoms with E-state index in [2.05, 4.69) is 20.9 Å². The first kappa shape index (κ1) is 17.1. The summed E-state index contributed by atoms with van der Waals surface area (Å²) in [5.41, 5.74) is 1.92. The molecule has 0 fully saturated rings. The van der Waals surface area contributed by atoms with E-state index in [1.54, 1.807) is 4.68 Å². The first-order valence-corrected chi connectivity index (χ1v) is 8.71. The van der Waals surface area contributed by atoms with Gasteiger partial charge in [0.05, 0.1) is 5.69 Å². The van der Waals surface area contributed by atoms with Crippen molar-refractivity contribution in [2.75, 3.05) is 6.54 Å². The van der Waals surface area contributed by atoms with Crippen molar-refractivity contribution in [3.63, 3.8) is 0 Å². The molecule has 0 saturated heterocycles. The highest BCUT2D eigenvalue weighted by Crippen LogP contribution is 2.06. The maximum absolute atomic E-state index is 12.5. The molecule has 1 aliphatic heterocycles. The summed E-state index contributed by atoms with van der Waals surface area (Å²) in [6, 6.07) is 9.18. The van der Waals surface area contributed by atoms with E-state index in [0.29, 0.717) is 38.8 Å². The molecule has 0 unspecified atom stereocenters. The molecule has 0 saturated carbocycles. The van der Waals surface area contributed by atoms with Gasteiger partial charge in [0, 0.05) is 32.1 Å². The van der Waals surface area contributed by atoms with Crippen molar-refractivity contribution in [2.24, 2.45) is 0 Å². The number of fused-ring (bicyclic) bond motifs is 2. The van der Waals surface area contributed by atoms with Gasteiger partial charge in [-0.2, -0.15) is 0 Å². The highest BCUT2D eigenvalue weighted by atomic mass is 16.2. The van der Waals surface area contributed by atoms with Crippen LogP contribution in [0.15, 0.2) is 36.5 Å². The summed E-state index contributed by atoms with van der Waals surface area (Å²) >= 11 is 0. The van der Waals surface area contributed by atoms with Gasteiger partial charge in [-0.15, -0.1) is 5.10 Å². The van der Waals surface area contributed by atoms with Gasteiger partial charge in [0.1, 0.15) is 6.04 Å². The van der Waals surface area contributed by atoms with Crippen molar-refractivity contribution >= 4 is 11.8 Å². The van der Waals surface area contributed by atoms with E-state index < -0.39 is 6.04 Å². The molecule has 132 valence electrons. The van der Waals surface area contributed by atoms with Gasteiger partial charge in [0.2, 0.25) is 11.8 Å². The van der Waals surface area contributed by atoms with E-state index in [9.17, 15) is 9.59 Å². The van der Waals surface area contributed by atoms with Crippen LogP contribution >= 0.6 is 0 Å². The monoisotopic (exact) mass is 341 g/mol. The lowest BCUT2D eigenvalue weighted by atomic mass is 10.0. The summed E-state index contributed by atoms with van der Waals surface area (Å²) in [6.07, 6.45) is 4.92. The fourth-order valence-corrected chi connectivity index (χ4v) is 2.89. The van der Waals surface area contributed by atoms with Crippen molar-refractivity contribution in [3.8, 4) is 0 Å². The fraction of sp³-hybridized carbons (Fsp3) is 0.444. The Labute approximate surface area is 146 Å². The molecule has 7 nitrogen and oxygen atoms in total. The Kier molecular flexibility index (Phi) is 5.77. The molecule has 25 heavy (non-hydrogen) atoms. The van der Waals surface area contributed by atoms with Crippen LogP contribution in [0.4, 0.5) is 0 Å². The van der Waals surface area contributed by atoms with E-state index in [0.717, 1.165) is 17.7 Å². The maximum atomic E-state index is 12.5. The molecule has 0 spiro atoms. The van der Waals surface area contributed by atoms with Crippen LogP contribution in [0.25, 0.3) is 0 Å². The fourth-order valence-electron chi connectivity index (χ4n) is 2.89. The van der Waals surface area contributed by atoms with Crippen molar-refractivity contribution in [1.29, 1.82) is 0 Å². The number of carbonyl (C=O) groups excluding carboxylic acids is 2. The van der Waals surface area contributed by atoms with Crippen molar-refractivity contribution in [3.05, 3.63) is 47.8 Å². The van der Waals surface area contributed by atoms with E-state index in [-0.39, 0.29) is 11.8 Å². The van der Waals surface area contributed by atoms with Gasteiger partial charge >= 0.3 is 0 Å². The predicted octanol–water partition coefficient (Wildman–Crippen LogP) is 0.848. The molecule has 1 aromatic carbocycles. The van der Waals surface area contributed by atoms with Crippen LogP contribution in [0.2, 0.25) is 0 Å². The van der Waals surface area contributed by atoms with Crippen LogP contribution in [-0.2, 0) is 29.0 Å². The Bertz CT molecular complexity index is 713. The smallest absolute Gasteiger partial charge is 0.242 e. The summed E-state index contributed by atoms with van der Waals surface area (Å²) < 4.78 is 1.79. The normalized spacial score (nSPS) is 19.6. The lowest BCUT2D eigenvalue weighted by Crippen LogP contribution is -2.48. The largest absolute Gasteiger partial charge is 0.354 e. The molecule has 0 aliphatic carbocycles. The third kappa shape index (κ3) is 5.14. The van der Waals surface area contributed by atoms with Crippen LogP contribution in [0.3, 0.4) is 0 Å². The van der Waals surface area contributed by atoms with Crippen molar-refractivity contribution in [2.45, 2.75) is 44.7 Å². The molecule has 3 rings (SSSR count). The minimum absolute atomic E-state index is 0.111. The van der Waals surface area contributed by atoms with Gasteiger partial charge in [-0.05, 0) is 24.8 Å². The van der Waals surface area contributed by atoms with Gasteiger partial charge in [-0.1, -0.05) is 35.5 Å². The molecular weight excluding hydrogens is 318 g/mol. The zero-order valence-electron chi connectivity index (χ0n) is 14.1. The Morgan fingerprint density at radius 3 is 2.80 bits per heavy atom. The second-order valence-corrected chi connectivity index (χ2v) is 6.28. The molecule has 2 amide bonds. The van der Waals surface area contributed by atoms with E-state index in [4.69, 9.17) is 0 Å². The van der Waals surface area contributed by atoms with E-state index in [1.807, 2.05) is 36.5 Å². The molecule has 2 bridgehead atoms. The molecule has 2 aromatic rings. The Morgan fingerprint density at radius 2 is 1.96 bits per heavy atom. The molecule has 1 atom stereocenters. The summed E-state index contributed by atoms with van der Waals surface area (Å²) in [5.74, 6) is -0.255. The molecule has 2 N–H and O–H groups in total. The summed E-state index contributed by atoms with van der Waals surface area (Å²) in [6.45, 7) is 1.25. The highest BCUT2D eigenvalue weighted by Gasteiger charge is 2.21. The lowest BCUT2D eigenvalue weighted by molar-refractivity contribution is -0.129. The minimum atomic E-state index is -0.552. The second kappa shape index (κ2) is 8.41. The second-order valence-electron chi connectivity index (χ2n) is 6.28. The van der Waals surface area contributed by atoms with Crippen LogP contribution in [0.1, 0.15) is 30.5 Å². The SMILES string of the molecule is O=C1CCCc2cn(nn2)CCCNC(=O)[C@H](Cc2ccccc2)N1. The Morgan fingerprint density at radius 1 is 1.12 bits per heavy atom. The number of hydrogen-bond donors (Lipinski definition) is 2. The molecule has 0 radical (unpaired) electrons. The van der Waals surface area contributed by atoms with Gasteiger partial charge in [-0.3, -0.25) is 14.3 Å². The highest BCUT2D eigenvalue weighted by molar-refractivity contribution is 5.87. The lowest BCUT2D eigenvalue weighted by Gasteiger charge is -2.19. The predicted molar refractivity (Wildman–Crippen MR) is 92.7 cm³/mol. The summed E-state index contributed by atoms with van der Waals surface area (Å²) in [5, 5.41) is 14.0. The van der Waals surface area contributed by atoms with Crippen molar-refractivity contribution < 1.29 is 9.59 Å². The maximum Gasteiger partial charge on any atom is 0.242 e. The zero-order valence-corrected chi connectivity index (χ0v) is 14.1. The average Bonchev–Trinajstić information content (AvgIpc) is 3.06. The Hall–Kier alpha value is -2.70. The van der Waals surface area contributed by atoms with Gasteiger partial charge in [-0.25, -0.2) is 0 Å². The number of aromatic nitrogens is 3. The first-order valence-electron chi connectivity index (χ1n) is 8.71. The molecular formula is C18H23N5O2. The average molecular weight is 341 g/mol. The molecule has 7 heteroatoms. The van der Waals surface area contributed by atoms with Gasteiger partial charge in [0.25, 0.3) is 0 Å². The molecule has 2 heterocycles. The van der Waals surface area contributed by atoms with Crippen LogP contribution in [0.5, 0.6) is 0 Å². The standard InChI is InChI=1S/C18H23N5O2/c24-17-9-4-8-15-13-23(22-21-15)11-5-10-19-18(25)16(20-17)12-14-6-2-1-3-7-14/h1-3,6-7,13,16H,4-5,8-12H2,(H,19,25)(H,20,24)/t16-/m0/s1. The topological polar surface area (TPSA) is 88.9 Å². The number of hydrogen-bond acceptors (Lipinski definition) is 4. The number of nitrogens with one attached hydrogen (secondary N) is 2. The van der Waals surface area contributed by atoms with Crippen LogP contribution in [-0.4, -0.2) is 39.4 Å².